The zero-order valence-corrected chi connectivity index (χ0v) is 8.12. The molecule has 0 unspecified atom stereocenters. The second-order valence-corrected chi connectivity index (χ2v) is 3.26. The Morgan fingerprint density at radius 2 is 2.23 bits per heavy atom. The predicted molar refractivity (Wildman–Crippen MR) is 53.1 cm³/mol. The molecule has 0 heterocycles. The lowest BCUT2D eigenvalue weighted by atomic mass is 10.1. The fourth-order valence-corrected chi connectivity index (χ4v) is 1.21. The quantitative estimate of drug-likeness (QED) is 0.517. The molecule has 0 aliphatic heterocycles. The van der Waals surface area contributed by atoms with Crippen LogP contribution in [0.4, 0.5) is 0 Å². The summed E-state index contributed by atoms with van der Waals surface area (Å²) in [6.45, 7) is 2.87. The van der Waals surface area contributed by atoms with Crippen LogP contribution < -0.4 is 0 Å². The molecule has 1 aromatic rings. The number of benzene rings is 1. The van der Waals surface area contributed by atoms with E-state index in [-0.39, 0.29) is 0 Å². The average molecular weight is 174 g/mol. The number of likely N-dealkylation sites (N-methyl/N-ethyl adjacent to an activating group) is 1. The number of rotatable bonds is 3. The van der Waals surface area contributed by atoms with E-state index in [4.69, 9.17) is 5.26 Å². The summed E-state index contributed by atoms with van der Waals surface area (Å²) in [6.07, 6.45) is 3.02. The van der Waals surface area contributed by atoms with Gasteiger partial charge in [-0.15, -0.1) is 0 Å². The summed E-state index contributed by atoms with van der Waals surface area (Å²) >= 11 is 0. The van der Waals surface area contributed by atoms with Gasteiger partial charge in [0.05, 0.1) is 0 Å². The average Bonchev–Trinajstić information content (AvgIpc) is 2.14. The Morgan fingerprint density at radius 1 is 1.46 bits per heavy atom. The lowest BCUT2D eigenvalue weighted by Gasteiger charge is -2.08. The van der Waals surface area contributed by atoms with Gasteiger partial charge in [-0.25, -0.2) is 0 Å². The molecule has 0 aliphatic carbocycles. The van der Waals surface area contributed by atoms with Crippen LogP contribution in [-0.4, -0.2) is 18.5 Å². The molecule has 0 atom stereocenters. The van der Waals surface area contributed by atoms with Gasteiger partial charge in [0.1, 0.15) is 0 Å². The van der Waals surface area contributed by atoms with Crippen LogP contribution in [0.1, 0.15) is 11.1 Å². The maximum atomic E-state index is 8.54. The van der Waals surface area contributed by atoms with Crippen molar-refractivity contribution in [2.45, 2.75) is 13.3 Å². The largest absolute Gasteiger partial charge is 0.313 e. The van der Waals surface area contributed by atoms with Crippen molar-refractivity contribution in [3.63, 3.8) is 0 Å². The molecule has 2 heteroatoms. The van der Waals surface area contributed by atoms with Crippen molar-refractivity contribution < 1.29 is 0 Å². The SMILES string of the molecule is Cc1cccc(CCN(C)C#N)c1. The van der Waals surface area contributed by atoms with E-state index in [9.17, 15) is 0 Å². The van der Waals surface area contributed by atoms with Crippen molar-refractivity contribution in [3.8, 4) is 6.19 Å². The summed E-state index contributed by atoms with van der Waals surface area (Å²) < 4.78 is 0. The van der Waals surface area contributed by atoms with Crippen LogP contribution in [0, 0.1) is 18.4 Å². The van der Waals surface area contributed by atoms with E-state index in [1.54, 1.807) is 11.9 Å². The Bertz CT molecular complexity index is 312. The minimum absolute atomic E-state index is 0.792. The van der Waals surface area contributed by atoms with E-state index in [1.807, 2.05) is 0 Å². The second kappa shape index (κ2) is 4.51. The van der Waals surface area contributed by atoms with E-state index in [1.165, 1.54) is 11.1 Å². The highest BCUT2D eigenvalue weighted by molar-refractivity contribution is 5.22. The van der Waals surface area contributed by atoms with Crippen molar-refractivity contribution in [3.05, 3.63) is 35.4 Å². The molecule has 0 aliphatic rings. The van der Waals surface area contributed by atoms with Gasteiger partial charge < -0.3 is 4.90 Å². The lowest BCUT2D eigenvalue weighted by Crippen LogP contribution is -2.14. The highest BCUT2D eigenvalue weighted by Crippen LogP contribution is 2.04. The standard InChI is InChI=1S/C11H14N2/c1-10-4-3-5-11(8-10)6-7-13(2)9-12/h3-5,8H,6-7H2,1-2H3. The van der Waals surface area contributed by atoms with Gasteiger partial charge in [-0.2, -0.15) is 5.26 Å². The third kappa shape index (κ3) is 3.16. The highest BCUT2D eigenvalue weighted by atomic mass is 15.1. The topological polar surface area (TPSA) is 27.0 Å². The molecule has 0 saturated carbocycles. The molecule has 1 aromatic carbocycles. The summed E-state index contributed by atoms with van der Waals surface area (Å²) in [5.41, 5.74) is 2.57. The molecule has 0 bridgehead atoms. The Kier molecular flexibility index (Phi) is 3.33. The van der Waals surface area contributed by atoms with E-state index < -0.39 is 0 Å². The molecule has 0 amide bonds. The molecule has 2 nitrogen and oxygen atoms in total. The van der Waals surface area contributed by atoms with Crippen LogP contribution in [0.3, 0.4) is 0 Å². The van der Waals surface area contributed by atoms with Crippen LogP contribution in [-0.2, 0) is 6.42 Å². The van der Waals surface area contributed by atoms with Gasteiger partial charge in [0.15, 0.2) is 6.19 Å². The third-order valence-corrected chi connectivity index (χ3v) is 1.99. The number of nitriles is 1. The summed E-state index contributed by atoms with van der Waals surface area (Å²) in [4.78, 5) is 1.64. The van der Waals surface area contributed by atoms with Crippen molar-refractivity contribution in [2.24, 2.45) is 0 Å². The van der Waals surface area contributed by atoms with Crippen LogP contribution >= 0.6 is 0 Å². The Labute approximate surface area is 79.4 Å². The first-order valence-corrected chi connectivity index (χ1v) is 4.39. The normalized spacial score (nSPS) is 9.31. The molecule has 0 saturated heterocycles. The Morgan fingerprint density at radius 3 is 2.85 bits per heavy atom. The van der Waals surface area contributed by atoms with Gasteiger partial charge in [0.25, 0.3) is 0 Å². The molecule has 0 radical (unpaired) electrons. The van der Waals surface area contributed by atoms with Crippen LogP contribution in [0.25, 0.3) is 0 Å². The summed E-state index contributed by atoms with van der Waals surface area (Å²) in [5.74, 6) is 0. The van der Waals surface area contributed by atoms with Gasteiger partial charge in [-0.05, 0) is 18.9 Å². The summed E-state index contributed by atoms with van der Waals surface area (Å²) in [6, 6.07) is 8.39. The van der Waals surface area contributed by atoms with Gasteiger partial charge in [-0.1, -0.05) is 29.8 Å². The van der Waals surface area contributed by atoms with E-state index in [2.05, 4.69) is 37.4 Å². The van der Waals surface area contributed by atoms with E-state index in [0.717, 1.165) is 13.0 Å². The monoisotopic (exact) mass is 174 g/mol. The maximum Gasteiger partial charge on any atom is 0.179 e. The van der Waals surface area contributed by atoms with Crippen molar-refractivity contribution >= 4 is 0 Å². The van der Waals surface area contributed by atoms with Crippen molar-refractivity contribution in [1.29, 1.82) is 5.26 Å². The predicted octanol–water partition coefficient (Wildman–Crippen LogP) is 1.95. The lowest BCUT2D eigenvalue weighted by molar-refractivity contribution is 0.478. The second-order valence-electron chi connectivity index (χ2n) is 3.26. The van der Waals surface area contributed by atoms with Gasteiger partial charge >= 0.3 is 0 Å². The van der Waals surface area contributed by atoms with Crippen molar-refractivity contribution in [1.82, 2.24) is 4.90 Å². The van der Waals surface area contributed by atoms with Crippen molar-refractivity contribution in [2.75, 3.05) is 13.6 Å². The molecular weight excluding hydrogens is 160 g/mol. The molecule has 68 valence electrons. The number of aryl methyl sites for hydroxylation is 1. The summed E-state index contributed by atoms with van der Waals surface area (Å²) in [7, 11) is 1.80. The zero-order chi connectivity index (χ0) is 9.68. The first kappa shape index (κ1) is 9.60. The minimum atomic E-state index is 0.792. The first-order valence-electron chi connectivity index (χ1n) is 4.39. The molecule has 1 rings (SSSR count). The summed E-state index contributed by atoms with van der Waals surface area (Å²) in [5, 5.41) is 8.54. The highest BCUT2D eigenvalue weighted by Gasteiger charge is 1.96. The molecule has 0 spiro atoms. The van der Waals surface area contributed by atoms with Crippen LogP contribution in [0.2, 0.25) is 0 Å². The first-order chi connectivity index (χ1) is 6.22. The van der Waals surface area contributed by atoms with E-state index in [0.29, 0.717) is 0 Å². The smallest absolute Gasteiger partial charge is 0.179 e. The molecule has 0 N–H and O–H groups in total. The molecule has 13 heavy (non-hydrogen) atoms. The third-order valence-electron chi connectivity index (χ3n) is 1.99. The zero-order valence-electron chi connectivity index (χ0n) is 8.12. The number of hydrogen-bond acceptors (Lipinski definition) is 2. The van der Waals surface area contributed by atoms with Gasteiger partial charge in [0, 0.05) is 13.6 Å². The minimum Gasteiger partial charge on any atom is -0.313 e. The fraction of sp³-hybridized carbons (Fsp3) is 0.364. The number of nitrogens with zero attached hydrogens (tertiary/aromatic N) is 2. The van der Waals surface area contributed by atoms with Crippen LogP contribution in [0.15, 0.2) is 24.3 Å². The Hall–Kier alpha value is -1.49. The Balaban J connectivity index is 2.51. The maximum absolute atomic E-state index is 8.54. The van der Waals surface area contributed by atoms with Crippen LogP contribution in [0.5, 0.6) is 0 Å². The fourth-order valence-electron chi connectivity index (χ4n) is 1.21. The number of hydrogen-bond donors (Lipinski definition) is 0. The van der Waals surface area contributed by atoms with Gasteiger partial charge in [0.2, 0.25) is 0 Å². The molecule has 0 fully saturated rings. The molecular formula is C11H14N2. The molecule has 0 aromatic heterocycles. The van der Waals surface area contributed by atoms with Gasteiger partial charge in [-0.3, -0.25) is 0 Å². The van der Waals surface area contributed by atoms with E-state index >= 15 is 0 Å².